The third-order valence-corrected chi connectivity index (χ3v) is 11.4. The second-order valence-corrected chi connectivity index (χ2v) is 18.0. The van der Waals surface area contributed by atoms with Gasteiger partial charge in [-0.2, -0.15) is 12.6 Å². The second-order valence-electron chi connectivity index (χ2n) is 17.7. The molecular formula is C41H70N10O12S. The van der Waals surface area contributed by atoms with Crippen LogP contribution in [0.1, 0.15) is 99.8 Å². The first kappa shape index (κ1) is 55.1. The standard InChI is InChI=1S/C41H70N10O12S/c1-20(2)16-25(46-38(59)32(43)22(5)6)39(60)50-14-9-11-30(50)37(58)48-27(18-52)40(61)51-15-8-10-29(51)36(57)44-23(7)33(54)49-28(19-64)35(56)45-24(12-13-31(42)53)34(55)47-26(41(62)63)17-21(3)4/h20-30,32,52,64H,8-19,43H2,1-7H3,(H2,42,53)(H,44,57)(H,45,56)(H,46,59)(H,47,55)(H,48,58)(H,49,54)(H,62,63). The van der Waals surface area contributed by atoms with Crippen molar-refractivity contribution in [3.05, 3.63) is 0 Å². The number of carbonyl (C=O) groups excluding carboxylic acids is 9. The summed E-state index contributed by atoms with van der Waals surface area (Å²) in [7, 11) is 0. The average Bonchev–Trinajstić information content (AvgIpc) is 3.92. The van der Waals surface area contributed by atoms with Crippen molar-refractivity contribution in [2.75, 3.05) is 25.4 Å². The number of aliphatic hydroxyl groups excluding tert-OH is 1. The van der Waals surface area contributed by atoms with E-state index >= 15 is 0 Å². The van der Waals surface area contributed by atoms with Crippen molar-refractivity contribution >= 4 is 71.8 Å². The molecule has 2 rings (SSSR count). The van der Waals surface area contributed by atoms with E-state index in [2.05, 4.69) is 44.5 Å². The fourth-order valence-corrected chi connectivity index (χ4v) is 7.64. The predicted octanol–water partition coefficient (Wildman–Crippen LogP) is -2.76. The molecule has 2 heterocycles. The third-order valence-electron chi connectivity index (χ3n) is 11.0. The van der Waals surface area contributed by atoms with Crippen molar-refractivity contribution in [3.8, 4) is 0 Å². The number of primary amides is 1. The van der Waals surface area contributed by atoms with Crippen LogP contribution in [0.3, 0.4) is 0 Å². The fraction of sp³-hybridized carbons (Fsp3) is 0.756. The van der Waals surface area contributed by atoms with Crippen LogP contribution >= 0.6 is 12.6 Å². The Hall–Kier alpha value is -5.03. The summed E-state index contributed by atoms with van der Waals surface area (Å²) < 4.78 is 0. The molecule has 0 aromatic rings. The van der Waals surface area contributed by atoms with Gasteiger partial charge in [-0.15, -0.1) is 0 Å². The number of nitrogens with two attached hydrogens (primary N) is 2. The molecule has 0 aromatic heterocycles. The van der Waals surface area contributed by atoms with Gasteiger partial charge in [-0.3, -0.25) is 43.2 Å². The van der Waals surface area contributed by atoms with Crippen LogP contribution in [0.2, 0.25) is 0 Å². The molecule has 64 heavy (non-hydrogen) atoms. The molecule has 0 aromatic carbocycles. The molecule has 9 amide bonds. The van der Waals surface area contributed by atoms with Gasteiger partial charge >= 0.3 is 5.97 Å². The summed E-state index contributed by atoms with van der Waals surface area (Å²) in [6, 6.07) is -10.7. The largest absolute Gasteiger partial charge is 0.480 e. The van der Waals surface area contributed by atoms with Crippen molar-refractivity contribution in [2.24, 2.45) is 29.2 Å². The summed E-state index contributed by atoms with van der Waals surface area (Å²) in [6.07, 6.45) is 1.07. The highest BCUT2D eigenvalue weighted by Crippen LogP contribution is 2.23. The topological polar surface area (TPSA) is 342 Å². The molecule has 9 unspecified atom stereocenters. The molecule has 0 aliphatic carbocycles. The van der Waals surface area contributed by atoms with Gasteiger partial charge in [0.15, 0.2) is 0 Å². The number of amides is 9. The number of likely N-dealkylation sites (tertiary alicyclic amines) is 2. The smallest absolute Gasteiger partial charge is 0.326 e. The van der Waals surface area contributed by atoms with Crippen LogP contribution in [-0.4, -0.2) is 159 Å². The number of hydrogen-bond donors (Lipinski definition) is 11. The average molecular weight is 927 g/mol. The van der Waals surface area contributed by atoms with Crippen LogP contribution in [-0.2, 0) is 47.9 Å². The Morgan fingerprint density at radius 3 is 1.55 bits per heavy atom. The Morgan fingerprint density at radius 1 is 0.625 bits per heavy atom. The van der Waals surface area contributed by atoms with E-state index < -0.39 is 120 Å². The van der Waals surface area contributed by atoms with E-state index in [9.17, 15) is 58.2 Å². The van der Waals surface area contributed by atoms with Crippen molar-refractivity contribution < 1.29 is 58.2 Å². The number of hydrogen-bond acceptors (Lipinski definition) is 13. The van der Waals surface area contributed by atoms with E-state index in [1.54, 1.807) is 27.7 Å². The molecule has 0 saturated carbocycles. The van der Waals surface area contributed by atoms with Gasteiger partial charge in [0.05, 0.1) is 12.6 Å². The van der Waals surface area contributed by atoms with Gasteiger partial charge in [-0.05, 0) is 69.6 Å². The van der Waals surface area contributed by atoms with Crippen LogP contribution in [0.15, 0.2) is 0 Å². The lowest BCUT2D eigenvalue weighted by Gasteiger charge is -2.32. The van der Waals surface area contributed by atoms with Crippen LogP contribution < -0.4 is 43.4 Å². The molecule has 0 spiro atoms. The Labute approximate surface area is 379 Å². The van der Waals surface area contributed by atoms with Gasteiger partial charge in [0.1, 0.15) is 48.3 Å². The van der Waals surface area contributed by atoms with Crippen molar-refractivity contribution in [3.63, 3.8) is 0 Å². The van der Waals surface area contributed by atoms with E-state index in [1.165, 1.54) is 16.7 Å². The highest BCUT2D eigenvalue weighted by molar-refractivity contribution is 7.80. The van der Waals surface area contributed by atoms with E-state index in [1.807, 2.05) is 13.8 Å². The van der Waals surface area contributed by atoms with Crippen LogP contribution in [0.25, 0.3) is 0 Å². The number of nitrogens with zero attached hydrogens (tertiary/aromatic N) is 2. The molecule has 2 saturated heterocycles. The molecule has 12 N–H and O–H groups in total. The lowest BCUT2D eigenvalue weighted by Crippen LogP contribution is -2.60. The van der Waals surface area contributed by atoms with Crippen molar-refractivity contribution in [1.29, 1.82) is 0 Å². The first-order valence-electron chi connectivity index (χ1n) is 21.8. The minimum atomic E-state index is -1.48. The SMILES string of the molecule is CC(C)CC(NC(=O)C(CCC(N)=O)NC(=O)C(CS)NC(=O)C(C)NC(=O)C1CCCN1C(=O)C(CO)NC(=O)C1CCCN1C(=O)C(CC(C)C)NC(=O)C(N)C(C)C)C(=O)O. The molecule has 2 fully saturated rings. The van der Waals surface area contributed by atoms with Crippen molar-refractivity contribution in [1.82, 2.24) is 41.7 Å². The van der Waals surface area contributed by atoms with Crippen molar-refractivity contribution in [2.45, 2.75) is 154 Å². The van der Waals surface area contributed by atoms with E-state index in [-0.39, 0.29) is 68.7 Å². The summed E-state index contributed by atoms with van der Waals surface area (Å²) in [5.41, 5.74) is 11.3. The maximum absolute atomic E-state index is 13.8. The zero-order valence-electron chi connectivity index (χ0n) is 37.9. The molecule has 0 bridgehead atoms. The second kappa shape index (κ2) is 26.1. The maximum Gasteiger partial charge on any atom is 0.326 e. The number of aliphatic hydroxyl groups is 1. The highest BCUT2D eigenvalue weighted by Gasteiger charge is 2.42. The van der Waals surface area contributed by atoms with E-state index in [0.717, 1.165) is 0 Å². The maximum atomic E-state index is 13.8. The number of carboxylic acid groups (broad SMARTS) is 1. The number of rotatable bonds is 25. The number of aliphatic carboxylic acids is 1. The van der Waals surface area contributed by atoms with E-state index in [4.69, 9.17) is 11.5 Å². The zero-order chi connectivity index (χ0) is 48.6. The molecule has 23 heteroatoms. The lowest BCUT2D eigenvalue weighted by molar-refractivity contribution is -0.145. The Kier molecular flexibility index (Phi) is 22.4. The monoisotopic (exact) mass is 926 g/mol. The van der Waals surface area contributed by atoms with Gasteiger partial charge in [-0.1, -0.05) is 41.5 Å². The predicted molar refractivity (Wildman–Crippen MR) is 235 cm³/mol. The lowest BCUT2D eigenvalue weighted by atomic mass is 10.00. The van der Waals surface area contributed by atoms with Gasteiger partial charge in [-0.25, -0.2) is 4.79 Å². The summed E-state index contributed by atoms with van der Waals surface area (Å²) in [4.78, 5) is 133. The quantitative estimate of drug-likeness (QED) is 0.0414. The van der Waals surface area contributed by atoms with Crippen LogP contribution in [0, 0.1) is 17.8 Å². The summed E-state index contributed by atoms with van der Waals surface area (Å²) in [5.74, 6) is -8.42. The fourth-order valence-electron chi connectivity index (χ4n) is 7.38. The number of nitrogens with one attached hydrogen (secondary N) is 6. The Bertz CT molecular complexity index is 1700. The molecule has 22 nitrogen and oxygen atoms in total. The number of thiol groups is 1. The minimum absolute atomic E-state index is 0.00754. The van der Waals surface area contributed by atoms with Gasteiger partial charge < -0.3 is 63.4 Å². The number of carboxylic acids is 1. The first-order valence-corrected chi connectivity index (χ1v) is 22.5. The molecule has 2 aliphatic rings. The Morgan fingerprint density at radius 2 is 1.08 bits per heavy atom. The molecule has 2 aliphatic heterocycles. The summed E-state index contributed by atoms with van der Waals surface area (Å²) in [6.45, 7) is 11.7. The van der Waals surface area contributed by atoms with Gasteiger partial charge in [0.2, 0.25) is 53.2 Å². The summed E-state index contributed by atoms with van der Waals surface area (Å²) >= 11 is 4.14. The zero-order valence-corrected chi connectivity index (χ0v) is 38.8. The first-order chi connectivity index (χ1) is 29.9. The molecule has 0 radical (unpaired) electrons. The normalized spacial score (nSPS) is 19.5. The molecule has 9 atom stereocenters. The Balaban J connectivity index is 2.11. The molecule has 362 valence electrons. The highest BCUT2D eigenvalue weighted by atomic mass is 32.1. The third kappa shape index (κ3) is 16.5. The van der Waals surface area contributed by atoms with E-state index in [0.29, 0.717) is 19.3 Å². The van der Waals surface area contributed by atoms with Crippen LogP contribution in [0.4, 0.5) is 0 Å². The van der Waals surface area contributed by atoms with Crippen LogP contribution in [0.5, 0.6) is 0 Å². The minimum Gasteiger partial charge on any atom is -0.480 e. The van der Waals surface area contributed by atoms with Gasteiger partial charge in [0, 0.05) is 25.3 Å². The summed E-state index contributed by atoms with van der Waals surface area (Å²) in [5, 5.41) is 34.9. The molecular weight excluding hydrogens is 857 g/mol. The van der Waals surface area contributed by atoms with Gasteiger partial charge in [0.25, 0.3) is 0 Å². The number of carbonyl (C=O) groups is 10.